The summed E-state index contributed by atoms with van der Waals surface area (Å²) >= 11 is 0. The van der Waals surface area contributed by atoms with Crippen LogP contribution < -0.4 is 21.7 Å². The number of ketones is 1. The van der Waals surface area contributed by atoms with E-state index in [1.165, 1.54) is 12.4 Å². The Morgan fingerprint density at radius 3 is 2.09 bits per heavy atom. The Morgan fingerprint density at radius 1 is 1.00 bits per heavy atom. The van der Waals surface area contributed by atoms with Crippen LogP contribution in [0, 0.1) is 11.8 Å². The van der Waals surface area contributed by atoms with Crippen molar-refractivity contribution in [2.24, 2.45) is 17.6 Å². The lowest BCUT2D eigenvalue weighted by atomic mass is 9.93. The molecule has 0 aliphatic carbocycles. The molecule has 0 aliphatic rings. The van der Waals surface area contributed by atoms with Gasteiger partial charge in [0.1, 0.15) is 12.1 Å². The van der Waals surface area contributed by atoms with E-state index in [0.29, 0.717) is 12.0 Å². The van der Waals surface area contributed by atoms with Gasteiger partial charge < -0.3 is 26.8 Å². The molecule has 4 atom stereocenters. The third-order valence-corrected chi connectivity index (χ3v) is 5.18. The minimum Gasteiger partial charge on any atom is -0.465 e. The van der Waals surface area contributed by atoms with Gasteiger partial charge in [-0.3, -0.25) is 24.2 Å². The minimum atomic E-state index is -1.37. The molecule has 11 nitrogen and oxygen atoms in total. The highest BCUT2D eigenvalue weighted by atomic mass is 16.4. The quantitative estimate of drug-likeness (QED) is 0.262. The molecule has 0 spiro atoms. The number of Topliss-reactive ketones (excluding diaryl/α,β-unsaturated/α-hetero) is 1. The van der Waals surface area contributed by atoms with Crippen LogP contribution in [0.15, 0.2) is 24.5 Å². The molecule has 1 aromatic heterocycles. The van der Waals surface area contributed by atoms with Crippen LogP contribution in [-0.4, -0.2) is 57.8 Å². The van der Waals surface area contributed by atoms with Gasteiger partial charge in [-0.15, -0.1) is 0 Å². The summed E-state index contributed by atoms with van der Waals surface area (Å²) in [6.07, 6.45) is 2.40. The standard InChI is InChI=1S/C22H33N5O6/c1-5-13(4)17(27-20(30)16(10-12(2)3)26-22(32)33)18(28)21(31)25-15(19(23)29)11-14-6-8-24-9-7-14/h6-9,12-13,15-17,26H,5,10-11H2,1-4H3,(H2,23,29)(H,25,31)(H,27,30)(H,32,33)/t13-,15-,16-,17?/m0/s1. The van der Waals surface area contributed by atoms with Crippen LogP contribution in [0.4, 0.5) is 4.79 Å². The van der Waals surface area contributed by atoms with Gasteiger partial charge in [-0.1, -0.05) is 34.1 Å². The maximum Gasteiger partial charge on any atom is 0.405 e. The van der Waals surface area contributed by atoms with E-state index in [-0.39, 0.29) is 18.8 Å². The molecule has 11 heteroatoms. The number of nitrogens with one attached hydrogen (secondary N) is 3. The number of carboxylic acid groups (broad SMARTS) is 1. The van der Waals surface area contributed by atoms with Gasteiger partial charge in [0.2, 0.25) is 17.6 Å². The van der Waals surface area contributed by atoms with Crippen LogP contribution in [0.5, 0.6) is 0 Å². The largest absolute Gasteiger partial charge is 0.465 e. The molecule has 1 aromatic rings. The van der Waals surface area contributed by atoms with E-state index in [2.05, 4.69) is 20.9 Å². The SMILES string of the molecule is CC[C@H](C)C(NC(=O)[C@H](CC(C)C)NC(=O)O)C(=O)C(=O)N[C@@H](Cc1ccncc1)C(N)=O. The fourth-order valence-corrected chi connectivity index (χ4v) is 3.16. The van der Waals surface area contributed by atoms with Crippen molar-refractivity contribution in [1.82, 2.24) is 20.9 Å². The Balaban J connectivity index is 2.99. The molecule has 4 amide bonds. The summed E-state index contributed by atoms with van der Waals surface area (Å²) in [7, 11) is 0. The summed E-state index contributed by atoms with van der Waals surface area (Å²) in [4.78, 5) is 65.1. The van der Waals surface area contributed by atoms with Crippen molar-refractivity contribution in [3.8, 4) is 0 Å². The third-order valence-electron chi connectivity index (χ3n) is 5.18. The van der Waals surface area contributed by atoms with Gasteiger partial charge in [-0.2, -0.15) is 0 Å². The lowest BCUT2D eigenvalue weighted by Gasteiger charge is -2.26. The number of nitrogens with two attached hydrogens (primary N) is 1. The highest BCUT2D eigenvalue weighted by Gasteiger charge is 2.34. The summed E-state index contributed by atoms with van der Waals surface area (Å²) < 4.78 is 0. The van der Waals surface area contributed by atoms with Crippen molar-refractivity contribution >= 4 is 29.6 Å². The van der Waals surface area contributed by atoms with Gasteiger partial charge in [0.25, 0.3) is 5.91 Å². The number of rotatable bonds is 13. The van der Waals surface area contributed by atoms with E-state index in [1.54, 1.807) is 26.0 Å². The Bertz CT molecular complexity index is 845. The molecular formula is C22H33N5O6. The summed E-state index contributed by atoms with van der Waals surface area (Å²) in [6.45, 7) is 7.11. The topological polar surface area (TPSA) is 181 Å². The molecule has 1 unspecified atom stereocenters. The third kappa shape index (κ3) is 9.26. The normalized spacial score (nSPS) is 14.5. The second-order valence-corrected chi connectivity index (χ2v) is 8.36. The number of amides is 4. The van der Waals surface area contributed by atoms with Gasteiger partial charge in [0, 0.05) is 18.8 Å². The molecule has 182 valence electrons. The molecule has 1 heterocycles. The van der Waals surface area contributed by atoms with Crippen LogP contribution in [0.3, 0.4) is 0 Å². The number of carbonyl (C=O) groups is 5. The monoisotopic (exact) mass is 463 g/mol. The van der Waals surface area contributed by atoms with Crippen LogP contribution in [-0.2, 0) is 25.6 Å². The maximum absolute atomic E-state index is 12.9. The number of primary amides is 1. The molecule has 0 bridgehead atoms. The highest BCUT2D eigenvalue weighted by Crippen LogP contribution is 2.12. The Morgan fingerprint density at radius 2 is 1.61 bits per heavy atom. The molecular weight excluding hydrogens is 430 g/mol. The Kier molecular flexibility index (Phi) is 11.0. The molecule has 0 saturated carbocycles. The van der Waals surface area contributed by atoms with Crippen molar-refractivity contribution in [1.29, 1.82) is 0 Å². The fourth-order valence-electron chi connectivity index (χ4n) is 3.16. The van der Waals surface area contributed by atoms with Gasteiger partial charge >= 0.3 is 6.09 Å². The fraction of sp³-hybridized carbons (Fsp3) is 0.545. The number of nitrogens with zero attached hydrogens (tertiary/aromatic N) is 1. The van der Waals surface area contributed by atoms with Crippen LogP contribution in [0.1, 0.15) is 46.1 Å². The van der Waals surface area contributed by atoms with Gasteiger partial charge in [0.15, 0.2) is 0 Å². The second-order valence-electron chi connectivity index (χ2n) is 8.36. The number of hydrogen-bond donors (Lipinski definition) is 5. The van der Waals surface area contributed by atoms with E-state index in [1.807, 2.05) is 13.8 Å². The highest BCUT2D eigenvalue weighted by molar-refractivity contribution is 6.38. The van der Waals surface area contributed by atoms with E-state index >= 15 is 0 Å². The van der Waals surface area contributed by atoms with Crippen molar-refractivity contribution in [2.45, 2.75) is 65.1 Å². The molecule has 6 N–H and O–H groups in total. The number of pyridine rings is 1. The van der Waals surface area contributed by atoms with Crippen LogP contribution in [0.2, 0.25) is 0 Å². The zero-order valence-electron chi connectivity index (χ0n) is 19.3. The average molecular weight is 464 g/mol. The molecule has 33 heavy (non-hydrogen) atoms. The lowest BCUT2D eigenvalue weighted by molar-refractivity contribution is -0.142. The summed E-state index contributed by atoms with van der Waals surface area (Å²) in [6, 6.07) is -0.135. The number of carbonyl (C=O) groups excluding carboxylic acids is 4. The van der Waals surface area contributed by atoms with Gasteiger partial charge in [-0.05, 0) is 36.0 Å². The lowest BCUT2D eigenvalue weighted by Crippen LogP contribution is -2.57. The van der Waals surface area contributed by atoms with E-state index in [0.717, 1.165) is 0 Å². The van der Waals surface area contributed by atoms with E-state index in [9.17, 15) is 24.0 Å². The summed E-state index contributed by atoms with van der Waals surface area (Å²) in [5.41, 5.74) is 6.08. The number of aromatic nitrogens is 1. The predicted octanol–water partition coefficient (Wildman–Crippen LogP) is 0.377. The molecule has 0 fully saturated rings. The van der Waals surface area contributed by atoms with Crippen molar-refractivity contribution < 1.29 is 29.1 Å². The van der Waals surface area contributed by atoms with Gasteiger partial charge in [-0.25, -0.2) is 4.79 Å². The minimum absolute atomic E-state index is 0.00170. The maximum atomic E-state index is 12.9. The summed E-state index contributed by atoms with van der Waals surface area (Å²) in [5, 5.41) is 16.0. The molecule has 0 aliphatic heterocycles. The first-order valence-corrected chi connectivity index (χ1v) is 10.8. The molecule has 0 saturated heterocycles. The van der Waals surface area contributed by atoms with Crippen molar-refractivity contribution in [3.05, 3.63) is 30.1 Å². The molecule has 0 aromatic carbocycles. The zero-order valence-corrected chi connectivity index (χ0v) is 19.3. The zero-order chi connectivity index (χ0) is 25.1. The molecule has 0 radical (unpaired) electrons. The van der Waals surface area contributed by atoms with Crippen molar-refractivity contribution in [2.75, 3.05) is 0 Å². The Labute approximate surface area is 192 Å². The van der Waals surface area contributed by atoms with Crippen LogP contribution in [0.25, 0.3) is 0 Å². The van der Waals surface area contributed by atoms with E-state index in [4.69, 9.17) is 10.8 Å². The first kappa shape index (κ1) is 27.5. The second kappa shape index (κ2) is 13.1. The van der Waals surface area contributed by atoms with Crippen LogP contribution >= 0.6 is 0 Å². The van der Waals surface area contributed by atoms with Gasteiger partial charge in [0.05, 0.1) is 6.04 Å². The first-order valence-electron chi connectivity index (χ1n) is 10.8. The smallest absolute Gasteiger partial charge is 0.405 e. The molecule has 1 rings (SSSR count). The van der Waals surface area contributed by atoms with Crippen molar-refractivity contribution in [3.63, 3.8) is 0 Å². The predicted molar refractivity (Wildman–Crippen MR) is 120 cm³/mol. The number of hydrogen-bond acceptors (Lipinski definition) is 6. The first-order chi connectivity index (χ1) is 15.5. The van der Waals surface area contributed by atoms with E-state index < -0.39 is 53.6 Å². The summed E-state index contributed by atoms with van der Waals surface area (Å²) in [5.74, 6) is -3.97. The average Bonchev–Trinajstić information content (AvgIpc) is 2.75. The Hall–Kier alpha value is -3.50.